The molecule has 0 saturated carbocycles. The summed E-state index contributed by atoms with van der Waals surface area (Å²) in [6.07, 6.45) is 2.30. The Kier molecular flexibility index (Phi) is 6.05. The summed E-state index contributed by atoms with van der Waals surface area (Å²) >= 11 is 2.18. The minimum Gasteiger partial charge on any atom is -0.598 e. The molecule has 0 amide bonds. The lowest BCUT2D eigenvalue weighted by molar-refractivity contribution is 0.522. The molecule has 2 nitrogen and oxygen atoms in total. The smallest absolute Gasteiger partial charge is 0.136 e. The van der Waals surface area contributed by atoms with Crippen LogP contribution in [0, 0.1) is 5.82 Å². The fourth-order valence-corrected chi connectivity index (χ4v) is 2.85. The van der Waals surface area contributed by atoms with Crippen LogP contribution < -0.4 is 4.72 Å². The van der Waals surface area contributed by atoms with Gasteiger partial charge in [0.05, 0.1) is 6.04 Å². The Morgan fingerprint density at radius 2 is 2.16 bits per heavy atom. The lowest BCUT2D eigenvalue weighted by Crippen LogP contribution is -2.41. The van der Waals surface area contributed by atoms with E-state index in [-0.39, 0.29) is 16.6 Å². The van der Waals surface area contributed by atoms with E-state index in [4.69, 9.17) is 0 Å². The molecule has 0 aliphatic rings. The summed E-state index contributed by atoms with van der Waals surface area (Å²) in [6.45, 7) is 9.37. The number of benzene rings is 1. The lowest BCUT2D eigenvalue weighted by atomic mass is 10.0. The van der Waals surface area contributed by atoms with E-state index in [0.29, 0.717) is 6.42 Å². The third-order valence-corrected chi connectivity index (χ3v) is 4.87. The zero-order valence-corrected chi connectivity index (χ0v) is 13.8. The van der Waals surface area contributed by atoms with Crippen molar-refractivity contribution in [3.05, 3.63) is 46.7 Å². The Hall–Kier alpha value is -0.360. The summed E-state index contributed by atoms with van der Waals surface area (Å²) in [5, 5.41) is 0. The first-order chi connectivity index (χ1) is 8.75. The van der Waals surface area contributed by atoms with Gasteiger partial charge in [0.2, 0.25) is 0 Å². The van der Waals surface area contributed by atoms with Crippen LogP contribution in [0.25, 0.3) is 0 Å². The lowest BCUT2D eigenvalue weighted by Gasteiger charge is -2.28. The van der Waals surface area contributed by atoms with Crippen LogP contribution in [-0.2, 0) is 11.4 Å². The van der Waals surface area contributed by atoms with Crippen molar-refractivity contribution in [3.63, 3.8) is 0 Å². The van der Waals surface area contributed by atoms with Crippen LogP contribution in [0.4, 0.5) is 4.39 Å². The zero-order valence-electron chi connectivity index (χ0n) is 11.4. The topological polar surface area (TPSA) is 35.1 Å². The predicted octanol–water partition coefficient (Wildman–Crippen LogP) is 4.26. The van der Waals surface area contributed by atoms with Gasteiger partial charge in [-0.25, -0.2) is 4.39 Å². The summed E-state index contributed by atoms with van der Waals surface area (Å²) in [5.74, 6) is -0.310. The molecule has 0 unspecified atom stereocenters. The molecule has 0 aliphatic carbocycles. The summed E-state index contributed by atoms with van der Waals surface area (Å²) < 4.78 is 29.0. The molecule has 1 rings (SSSR count). The fraction of sp³-hybridized carbons (Fsp3) is 0.429. The Morgan fingerprint density at radius 1 is 1.53 bits per heavy atom. The second kappa shape index (κ2) is 6.88. The quantitative estimate of drug-likeness (QED) is 0.638. The van der Waals surface area contributed by atoms with Gasteiger partial charge in [0.15, 0.2) is 0 Å². The molecule has 2 atom stereocenters. The molecule has 0 radical (unpaired) electrons. The van der Waals surface area contributed by atoms with Gasteiger partial charge in [-0.15, -0.1) is 11.3 Å². The Labute approximate surface area is 125 Å². The minimum absolute atomic E-state index is 0.234. The maximum Gasteiger partial charge on any atom is 0.136 e. The van der Waals surface area contributed by atoms with E-state index >= 15 is 0 Å². The molecule has 1 aromatic rings. The molecule has 0 bridgehead atoms. The number of nitrogens with one attached hydrogen (secondary N) is 1. The highest BCUT2D eigenvalue weighted by molar-refractivity contribution is 9.10. The van der Waals surface area contributed by atoms with Crippen molar-refractivity contribution in [2.24, 2.45) is 0 Å². The first-order valence-electron chi connectivity index (χ1n) is 5.99. The molecular weight excluding hydrogens is 329 g/mol. The normalized spacial score (nSPS) is 15.1. The number of halogens is 2. The van der Waals surface area contributed by atoms with E-state index < -0.39 is 11.4 Å². The average Bonchev–Trinajstić information content (AvgIpc) is 2.30. The molecule has 1 aromatic carbocycles. The van der Waals surface area contributed by atoms with E-state index in [0.717, 1.165) is 10.0 Å². The van der Waals surface area contributed by atoms with Crippen LogP contribution >= 0.6 is 15.9 Å². The van der Waals surface area contributed by atoms with Gasteiger partial charge in [-0.2, -0.15) is 0 Å². The van der Waals surface area contributed by atoms with Crippen molar-refractivity contribution in [2.45, 2.75) is 38.0 Å². The van der Waals surface area contributed by atoms with Gasteiger partial charge in [0, 0.05) is 15.8 Å². The van der Waals surface area contributed by atoms with Gasteiger partial charge >= 0.3 is 0 Å². The van der Waals surface area contributed by atoms with Gasteiger partial charge in [-0.3, -0.25) is 0 Å². The van der Waals surface area contributed by atoms with Gasteiger partial charge in [0.25, 0.3) is 0 Å². The van der Waals surface area contributed by atoms with E-state index in [9.17, 15) is 8.94 Å². The molecule has 0 spiro atoms. The van der Waals surface area contributed by atoms with Crippen LogP contribution in [0.3, 0.4) is 0 Å². The van der Waals surface area contributed by atoms with Crippen LogP contribution in [-0.4, -0.2) is 9.30 Å². The number of hydrogen-bond acceptors (Lipinski definition) is 2. The molecule has 5 heteroatoms. The van der Waals surface area contributed by atoms with Gasteiger partial charge in [0.1, 0.15) is 10.6 Å². The highest BCUT2D eigenvalue weighted by atomic mass is 79.9. The van der Waals surface area contributed by atoms with Crippen molar-refractivity contribution in [3.8, 4) is 0 Å². The molecule has 0 fully saturated rings. The summed E-state index contributed by atoms with van der Waals surface area (Å²) in [7, 11) is 0. The largest absolute Gasteiger partial charge is 0.598 e. The highest BCUT2D eigenvalue weighted by Gasteiger charge is 2.30. The van der Waals surface area contributed by atoms with Gasteiger partial charge in [-0.1, -0.05) is 22.0 Å². The van der Waals surface area contributed by atoms with Crippen LogP contribution in [0.2, 0.25) is 0 Å². The molecule has 19 heavy (non-hydrogen) atoms. The van der Waals surface area contributed by atoms with Crippen LogP contribution in [0.1, 0.15) is 38.8 Å². The third kappa shape index (κ3) is 4.91. The van der Waals surface area contributed by atoms with Gasteiger partial charge in [-0.05, 0) is 51.0 Å². The summed E-state index contributed by atoms with van der Waals surface area (Å²) in [6, 6.07) is 4.26. The molecular formula is C14H19BrFNOS. The minimum atomic E-state index is -1.23. The zero-order chi connectivity index (χ0) is 14.6. The fourth-order valence-electron chi connectivity index (χ4n) is 1.49. The molecule has 0 heterocycles. The van der Waals surface area contributed by atoms with Crippen LogP contribution in [0.15, 0.2) is 35.3 Å². The summed E-state index contributed by atoms with van der Waals surface area (Å²) in [5.41, 5.74) is 0.748. The number of hydrogen-bond donors (Lipinski definition) is 1. The van der Waals surface area contributed by atoms with Gasteiger partial charge < -0.3 is 4.55 Å². The van der Waals surface area contributed by atoms with Crippen molar-refractivity contribution >= 4 is 27.3 Å². The maximum absolute atomic E-state index is 13.4. The molecule has 0 saturated heterocycles. The third-order valence-electron chi connectivity index (χ3n) is 2.54. The van der Waals surface area contributed by atoms with Crippen LogP contribution in [0.5, 0.6) is 0 Å². The van der Waals surface area contributed by atoms with E-state index in [2.05, 4.69) is 27.2 Å². The van der Waals surface area contributed by atoms with Crippen molar-refractivity contribution in [1.29, 1.82) is 0 Å². The van der Waals surface area contributed by atoms with Crippen molar-refractivity contribution < 1.29 is 8.94 Å². The Bertz CT molecular complexity index is 448. The number of rotatable bonds is 5. The average molecular weight is 348 g/mol. The van der Waals surface area contributed by atoms with E-state index in [1.54, 1.807) is 12.1 Å². The molecule has 106 valence electrons. The van der Waals surface area contributed by atoms with Crippen molar-refractivity contribution in [1.82, 2.24) is 4.72 Å². The highest BCUT2D eigenvalue weighted by Crippen LogP contribution is 2.29. The van der Waals surface area contributed by atoms with Crippen molar-refractivity contribution in [2.75, 3.05) is 0 Å². The Morgan fingerprint density at radius 3 is 2.68 bits per heavy atom. The predicted molar refractivity (Wildman–Crippen MR) is 82.7 cm³/mol. The molecule has 1 N–H and O–H groups in total. The first kappa shape index (κ1) is 16.7. The maximum atomic E-state index is 13.4. The molecule has 0 aliphatic heterocycles. The molecule has 0 aromatic heterocycles. The second-order valence-corrected chi connectivity index (χ2v) is 8.09. The van der Waals surface area contributed by atoms with E-state index in [1.165, 1.54) is 12.1 Å². The second-order valence-electron chi connectivity index (χ2n) is 5.24. The SMILES string of the molecule is C=CC[C@@H](N[S@@+]([O-])C(C)(C)C)c1cc(F)ccc1Br. The first-order valence-corrected chi connectivity index (χ1v) is 7.94. The Balaban J connectivity index is 3.00. The summed E-state index contributed by atoms with van der Waals surface area (Å²) in [4.78, 5) is 0. The monoisotopic (exact) mass is 347 g/mol. The standard InChI is InChI=1S/C14H19BrFNOS/c1-5-6-13(17-19(18)14(2,3)4)11-9-10(16)7-8-12(11)15/h5,7-9,13,17H,1,6H2,2-4H3/t13-,19+/m1/s1. The van der Waals surface area contributed by atoms with E-state index in [1.807, 2.05) is 20.8 Å².